The van der Waals surface area contributed by atoms with E-state index >= 15 is 0 Å². The van der Waals surface area contributed by atoms with Gasteiger partial charge in [0, 0.05) is 19.2 Å². The van der Waals surface area contributed by atoms with Crippen LogP contribution in [0.5, 0.6) is 0 Å². The van der Waals surface area contributed by atoms with Crippen LogP contribution in [0.25, 0.3) is 11.4 Å². The van der Waals surface area contributed by atoms with Gasteiger partial charge in [-0.3, -0.25) is 4.79 Å². The standard InChI is InChI=1S/C14H13F3N6O/c1-22(7-3-6-18)12(24)9-23-20-13(19-21-23)10-4-2-5-11(8-10)14(15,16)17/h2,4-5,8H,3,7,9H2,1H3. The molecule has 24 heavy (non-hydrogen) atoms. The second kappa shape index (κ2) is 7.08. The fourth-order valence-electron chi connectivity index (χ4n) is 1.84. The number of likely N-dealkylation sites (N-methyl/N-ethyl adjacent to an activating group) is 1. The quantitative estimate of drug-likeness (QED) is 0.828. The zero-order chi connectivity index (χ0) is 17.7. The number of hydrogen-bond acceptors (Lipinski definition) is 5. The van der Waals surface area contributed by atoms with E-state index in [1.54, 1.807) is 0 Å². The van der Waals surface area contributed by atoms with Crippen molar-refractivity contribution in [1.29, 1.82) is 5.26 Å². The molecule has 1 amide bonds. The van der Waals surface area contributed by atoms with Crippen LogP contribution in [-0.4, -0.2) is 44.6 Å². The van der Waals surface area contributed by atoms with E-state index in [9.17, 15) is 18.0 Å². The molecule has 7 nitrogen and oxygen atoms in total. The van der Waals surface area contributed by atoms with Crippen LogP contribution in [0.2, 0.25) is 0 Å². The minimum Gasteiger partial charge on any atom is -0.343 e. The van der Waals surface area contributed by atoms with Crippen molar-refractivity contribution >= 4 is 5.91 Å². The van der Waals surface area contributed by atoms with Crippen LogP contribution in [0.4, 0.5) is 13.2 Å². The third-order valence-electron chi connectivity index (χ3n) is 3.16. The number of amides is 1. The number of alkyl halides is 3. The predicted octanol–water partition coefficient (Wildman–Crippen LogP) is 1.73. The fourth-order valence-corrected chi connectivity index (χ4v) is 1.84. The maximum absolute atomic E-state index is 12.7. The molecule has 1 aromatic heterocycles. The molecule has 0 saturated heterocycles. The van der Waals surface area contributed by atoms with Crippen molar-refractivity contribution < 1.29 is 18.0 Å². The van der Waals surface area contributed by atoms with Crippen molar-refractivity contribution in [2.45, 2.75) is 19.1 Å². The van der Waals surface area contributed by atoms with E-state index in [1.165, 1.54) is 24.1 Å². The SMILES string of the molecule is CN(CCC#N)C(=O)Cn1nnc(-c2cccc(C(F)(F)F)c2)n1. The van der Waals surface area contributed by atoms with Gasteiger partial charge in [0.25, 0.3) is 0 Å². The number of aromatic nitrogens is 4. The van der Waals surface area contributed by atoms with Gasteiger partial charge in [0.05, 0.1) is 18.1 Å². The first kappa shape index (κ1) is 17.4. The van der Waals surface area contributed by atoms with E-state index in [1.807, 2.05) is 6.07 Å². The van der Waals surface area contributed by atoms with Gasteiger partial charge in [-0.25, -0.2) is 0 Å². The number of carbonyl (C=O) groups is 1. The first-order valence-corrected chi connectivity index (χ1v) is 6.87. The van der Waals surface area contributed by atoms with Gasteiger partial charge in [-0.2, -0.15) is 23.2 Å². The number of nitrogens with zero attached hydrogens (tertiary/aromatic N) is 6. The summed E-state index contributed by atoms with van der Waals surface area (Å²) in [5, 5.41) is 19.8. The van der Waals surface area contributed by atoms with Crippen LogP contribution >= 0.6 is 0 Å². The lowest BCUT2D eigenvalue weighted by atomic mass is 10.1. The Balaban J connectivity index is 2.11. The summed E-state index contributed by atoms with van der Waals surface area (Å²) >= 11 is 0. The highest BCUT2D eigenvalue weighted by Gasteiger charge is 2.30. The second-order valence-electron chi connectivity index (χ2n) is 4.95. The highest BCUT2D eigenvalue weighted by atomic mass is 19.4. The monoisotopic (exact) mass is 338 g/mol. The largest absolute Gasteiger partial charge is 0.416 e. The van der Waals surface area contributed by atoms with E-state index in [2.05, 4.69) is 15.4 Å². The van der Waals surface area contributed by atoms with Crippen LogP contribution in [0.1, 0.15) is 12.0 Å². The molecule has 0 N–H and O–H groups in total. The molecule has 1 aromatic carbocycles. The summed E-state index contributed by atoms with van der Waals surface area (Å²) in [6.07, 6.45) is -4.27. The van der Waals surface area contributed by atoms with Gasteiger partial charge in [-0.15, -0.1) is 10.2 Å². The van der Waals surface area contributed by atoms with E-state index in [-0.39, 0.29) is 36.8 Å². The normalized spacial score (nSPS) is 11.1. The van der Waals surface area contributed by atoms with Gasteiger partial charge in [0.2, 0.25) is 11.7 Å². The summed E-state index contributed by atoms with van der Waals surface area (Å²) in [6.45, 7) is 0.0540. The molecule has 0 aliphatic rings. The Labute approximate surface area is 135 Å². The molecule has 2 rings (SSSR count). The number of hydrogen-bond donors (Lipinski definition) is 0. The van der Waals surface area contributed by atoms with E-state index < -0.39 is 11.7 Å². The van der Waals surface area contributed by atoms with Gasteiger partial charge < -0.3 is 4.90 Å². The predicted molar refractivity (Wildman–Crippen MR) is 76.1 cm³/mol. The molecule has 2 aromatic rings. The molecule has 0 unspecified atom stereocenters. The molecule has 1 heterocycles. The third kappa shape index (κ3) is 4.28. The Bertz CT molecular complexity index is 764. The molecular formula is C14H13F3N6O. The van der Waals surface area contributed by atoms with Gasteiger partial charge in [-0.1, -0.05) is 12.1 Å². The highest BCUT2D eigenvalue weighted by molar-refractivity contribution is 5.75. The smallest absolute Gasteiger partial charge is 0.343 e. The molecule has 0 aliphatic heterocycles. The third-order valence-corrected chi connectivity index (χ3v) is 3.16. The Morgan fingerprint density at radius 2 is 2.17 bits per heavy atom. The zero-order valence-corrected chi connectivity index (χ0v) is 12.7. The number of carbonyl (C=O) groups excluding carboxylic acids is 1. The lowest BCUT2D eigenvalue weighted by Crippen LogP contribution is -2.31. The molecule has 0 spiro atoms. The van der Waals surface area contributed by atoms with E-state index in [4.69, 9.17) is 5.26 Å². The lowest BCUT2D eigenvalue weighted by molar-refractivity contribution is -0.137. The molecule has 0 radical (unpaired) electrons. The maximum Gasteiger partial charge on any atom is 0.416 e. The average molecular weight is 338 g/mol. The number of rotatable bonds is 5. The average Bonchev–Trinajstić information content (AvgIpc) is 3.00. The lowest BCUT2D eigenvalue weighted by Gasteiger charge is -2.14. The zero-order valence-electron chi connectivity index (χ0n) is 12.7. The Hall–Kier alpha value is -2.96. The van der Waals surface area contributed by atoms with Crippen LogP contribution in [-0.2, 0) is 17.5 Å². The molecule has 0 atom stereocenters. The highest BCUT2D eigenvalue weighted by Crippen LogP contribution is 2.31. The van der Waals surface area contributed by atoms with Crippen molar-refractivity contribution in [3.05, 3.63) is 29.8 Å². The van der Waals surface area contributed by atoms with E-state index in [0.29, 0.717) is 0 Å². The van der Waals surface area contributed by atoms with Gasteiger partial charge in [0.15, 0.2) is 0 Å². The number of tetrazole rings is 1. The van der Waals surface area contributed by atoms with Crippen LogP contribution in [0.15, 0.2) is 24.3 Å². The molecule has 0 saturated carbocycles. The summed E-state index contributed by atoms with van der Waals surface area (Å²) in [6, 6.07) is 6.47. The summed E-state index contributed by atoms with van der Waals surface area (Å²) in [7, 11) is 1.53. The van der Waals surface area contributed by atoms with Gasteiger partial charge >= 0.3 is 6.18 Å². The Morgan fingerprint density at radius 1 is 1.42 bits per heavy atom. The van der Waals surface area contributed by atoms with Crippen LogP contribution < -0.4 is 0 Å². The topological polar surface area (TPSA) is 87.7 Å². The summed E-state index contributed by atoms with van der Waals surface area (Å²) in [5.74, 6) is -0.341. The molecule has 10 heteroatoms. The molecular weight excluding hydrogens is 325 g/mol. The van der Waals surface area contributed by atoms with Crippen molar-refractivity contribution in [1.82, 2.24) is 25.1 Å². The Morgan fingerprint density at radius 3 is 2.83 bits per heavy atom. The fraction of sp³-hybridized carbons (Fsp3) is 0.357. The maximum atomic E-state index is 12.7. The van der Waals surface area contributed by atoms with Crippen molar-refractivity contribution in [3.63, 3.8) is 0 Å². The van der Waals surface area contributed by atoms with Gasteiger partial charge in [-0.05, 0) is 17.3 Å². The number of halogens is 3. The van der Waals surface area contributed by atoms with Crippen molar-refractivity contribution in [3.8, 4) is 17.5 Å². The van der Waals surface area contributed by atoms with Crippen LogP contribution in [0, 0.1) is 11.3 Å². The first-order valence-electron chi connectivity index (χ1n) is 6.87. The molecule has 0 fully saturated rings. The van der Waals surface area contributed by atoms with Gasteiger partial charge in [0.1, 0.15) is 6.54 Å². The summed E-state index contributed by atoms with van der Waals surface area (Å²) < 4.78 is 38.2. The summed E-state index contributed by atoms with van der Waals surface area (Å²) in [5.41, 5.74) is -0.662. The minimum absolute atomic E-state index is 0.00595. The number of nitriles is 1. The van der Waals surface area contributed by atoms with Crippen LogP contribution in [0.3, 0.4) is 0 Å². The van der Waals surface area contributed by atoms with Crippen molar-refractivity contribution in [2.75, 3.05) is 13.6 Å². The second-order valence-corrected chi connectivity index (χ2v) is 4.95. The van der Waals surface area contributed by atoms with E-state index in [0.717, 1.165) is 16.9 Å². The molecule has 0 bridgehead atoms. The van der Waals surface area contributed by atoms with Crippen molar-refractivity contribution in [2.24, 2.45) is 0 Å². The molecule has 126 valence electrons. The first-order chi connectivity index (χ1) is 11.3. The minimum atomic E-state index is -4.47. The number of benzene rings is 1. The molecule has 0 aliphatic carbocycles. The Kier molecular flexibility index (Phi) is 5.13. The summed E-state index contributed by atoms with van der Waals surface area (Å²) in [4.78, 5) is 14.2.